The molecule has 33 heavy (non-hydrogen) atoms. The highest BCUT2D eigenvalue weighted by molar-refractivity contribution is 7.22. The van der Waals surface area contributed by atoms with Gasteiger partial charge in [-0.25, -0.2) is 0 Å². The number of hydrogen-bond acceptors (Lipinski definition) is 4. The summed E-state index contributed by atoms with van der Waals surface area (Å²) in [6.45, 7) is 2.29. The Hall–Kier alpha value is -1.65. The number of methoxy groups -OCH3 is 1. The number of unbranched alkanes of at least 4 members (excludes halogenated alkanes) is 12. The Morgan fingerprint density at radius 3 is 2.12 bits per heavy atom. The molecule has 0 unspecified atom stereocenters. The van der Waals surface area contributed by atoms with Crippen LogP contribution < -0.4 is 4.74 Å². The molecule has 3 rings (SSSR count). The topological polar surface area (TPSA) is 21.6 Å². The van der Waals surface area contributed by atoms with E-state index in [2.05, 4.69) is 48.7 Å². The van der Waals surface area contributed by atoms with Gasteiger partial charge in [0.2, 0.25) is 0 Å². The molecule has 0 bridgehead atoms. The number of allylic oxidation sites excluding steroid dienone is 2. The van der Waals surface area contributed by atoms with Crippen molar-refractivity contribution < 1.29 is 4.74 Å². The lowest BCUT2D eigenvalue weighted by Crippen LogP contribution is -1.90. The maximum atomic E-state index is 5.61. The molecule has 0 radical (unpaired) electrons. The quantitative estimate of drug-likeness (QED) is 0.205. The second-order valence-electron chi connectivity index (χ2n) is 9.02. The fourth-order valence-corrected chi connectivity index (χ4v) is 6.19. The first-order valence-corrected chi connectivity index (χ1v) is 14.7. The van der Waals surface area contributed by atoms with Crippen molar-refractivity contribution in [3.8, 4) is 15.5 Å². The Kier molecular flexibility index (Phi) is 12.0. The maximum Gasteiger partial charge on any atom is 0.137 e. The zero-order valence-corrected chi connectivity index (χ0v) is 22.2. The molecule has 1 aliphatic heterocycles. The molecule has 180 valence electrons. The van der Waals surface area contributed by atoms with Crippen LogP contribution in [0.1, 0.15) is 102 Å². The summed E-state index contributed by atoms with van der Waals surface area (Å²) < 4.78 is 5.61. The predicted molar refractivity (Wildman–Crippen MR) is 149 cm³/mol. The second-order valence-corrected chi connectivity index (χ2v) is 11.1. The van der Waals surface area contributed by atoms with Crippen LogP contribution in [0.2, 0.25) is 0 Å². The van der Waals surface area contributed by atoms with E-state index in [-0.39, 0.29) is 0 Å². The van der Waals surface area contributed by atoms with Gasteiger partial charge < -0.3 is 4.74 Å². The predicted octanol–water partition coefficient (Wildman–Crippen LogP) is 10.3. The van der Waals surface area contributed by atoms with Crippen LogP contribution in [0.3, 0.4) is 0 Å². The molecule has 2 aromatic heterocycles. The lowest BCUT2D eigenvalue weighted by atomic mass is 10.0. The molecular formula is C29H41NOS2. The molecule has 0 saturated carbocycles. The number of thiophene rings is 2. The van der Waals surface area contributed by atoms with Gasteiger partial charge in [-0.15, -0.1) is 22.7 Å². The van der Waals surface area contributed by atoms with Crippen molar-refractivity contribution >= 4 is 34.5 Å². The second kappa shape index (κ2) is 15.3. The molecule has 0 saturated heterocycles. The van der Waals surface area contributed by atoms with Crippen LogP contribution in [0.4, 0.5) is 0 Å². The normalized spacial score (nSPS) is 14.4. The largest absolute Gasteiger partial charge is 0.495 e. The molecular weight excluding hydrogens is 442 g/mol. The molecule has 0 aliphatic carbocycles. The molecule has 3 heterocycles. The van der Waals surface area contributed by atoms with Crippen molar-refractivity contribution in [1.82, 2.24) is 0 Å². The molecule has 0 N–H and O–H groups in total. The third kappa shape index (κ3) is 9.25. The summed E-state index contributed by atoms with van der Waals surface area (Å²) in [5.41, 5.74) is 2.26. The summed E-state index contributed by atoms with van der Waals surface area (Å²) in [4.78, 5) is 8.54. The number of nitrogens with zero attached hydrogens (tertiary/aromatic N) is 1. The molecule has 0 fully saturated rings. The Morgan fingerprint density at radius 2 is 1.52 bits per heavy atom. The van der Waals surface area contributed by atoms with E-state index in [0.29, 0.717) is 0 Å². The van der Waals surface area contributed by atoms with Gasteiger partial charge in [0.1, 0.15) is 5.75 Å². The van der Waals surface area contributed by atoms with E-state index in [1.807, 2.05) is 0 Å². The van der Waals surface area contributed by atoms with E-state index in [1.54, 1.807) is 29.8 Å². The van der Waals surface area contributed by atoms with Gasteiger partial charge in [0.15, 0.2) is 0 Å². The molecule has 4 heteroatoms. The number of rotatable bonds is 17. The maximum absolute atomic E-state index is 5.61. The van der Waals surface area contributed by atoms with Gasteiger partial charge >= 0.3 is 0 Å². The highest BCUT2D eigenvalue weighted by Crippen LogP contribution is 2.39. The first-order valence-electron chi connectivity index (χ1n) is 13.0. The SMILES string of the molecule is CCCCCCCCCCCCCCCC1=N/C(=C/c2sc(-c3cccs3)cc2OC)C=C1. The van der Waals surface area contributed by atoms with E-state index in [4.69, 9.17) is 9.73 Å². The van der Waals surface area contributed by atoms with Gasteiger partial charge in [0.05, 0.1) is 17.7 Å². The van der Waals surface area contributed by atoms with Gasteiger partial charge in [-0.05, 0) is 42.5 Å². The smallest absolute Gasteiger partial charge is 0.137 e. The van der Waals surface area contributed by atoms with Crippen LogP contribution >= 0.6 is 22.7 Å². The van der Waals surface area contributed by atoms with Crippen molar-refractivity contribution in [3.05, 3.63) is 46.3 Å². The van der Waals surface area contributed by atoms with Gasteiger partial charge in [-0.3, -0.25) is 4.99 Å². The number of hydrogen-bond donors (Lipinski definition) is 0. The van der Waals surface area contributed by atoms with Gasteiger partial charge in [-0.2, -0.15) is 0 Å². The zero-order chi connectivity index (χ0) is 23.1. The van der Waals surface area contributed by atoms with Gasteiger partial charge in [-0.1, -0.05) is 90.0 Å². The van der Waals surface area contributed by atoms with E-state index < -0.39 is 0 Å². The van der Waals surface area contributed by atoms with Crippen molar-refractivity contribution in [2.75, 3.05) is 7.11 Å². The third-order valence-electron chi connectivity index (χ3n) is 6.24. The standard InChI is InChI=1S/C29H41NOS2/c1-3-4-5-6-7-8-9-10-11-12-13-14-15-17-24-19-20-25(30-24)22-28-26(31-2)23-29(33-28)27-18-16-21-32-27/h16,18-23H,3-15,17H2,1-2H3/b25-22+. The molecule has 2 aromatic rings. The van der Waals surface area contributed by atoms with Crippen LogP contribution in [-0.2, 0) is 0 Å². The highest BCUT2D eigenvalue weighted by atomic mass is 32.1. The fraction of sp³-hybridized carbons (Fsp3) is 0.552. The number of ether oxygens (including phenoxy) is 1. The van der Waals surface area contributed by atoms with Gasteiger partial charge in [0, 0.05) is 21.5 Å². The molecule has 0 amide bonds. The van der Waals surface area contributed by atoms with E-state index in [1.165, 1.54) is 98.9 Å². The van der Waals surface area contributed by atoms with Crippen LogP contribution in [0.15, 0.2) is 46.4 Å². The van der Waals surface area contributed by atoms with Crippen molar-refractivity contribution in [2.45, 2.75) is 96.8 Å². The Labute approximate surface area is 209 Å². The first kappa shape index (κ1) is 26.0. The fourth-order valence-electron chi connectivity index (χ4n) is 4.29. The summed E-state index contributed by atoms with van der Waals surface area (Å²) in [5, 5.41) is 2.12. The van der Waals surface area contributed by atoms with Gasteiger partial charge in [0.25, 0.3) is 0 Å². The van der Waals surface area contributed by atoms with Crippen molar-refractivity contribution in [3.63, 3.8) is 0 Å². The Morgan fingerprint density at radius 1 is 0.848 bits per heavy atom. The average molecular weight is 484 g/mol. The Balaban J connectivity index is 1.30. The monoisotopic (exact) mass is 483 g/mol. The zero-order valence-electron chi connectivity index (χ0n) is 20.6. The van der Waals surface area contributed by atoms with Crippen LogP contribution in [-0.4, -0.2) is 12.8 Å². The molecule has 1 aliphatic rings. The molecule has 0 aromatic carbocycles. The lowest BCUT2D eigenvalue weighted by molar-refractivity contribution is 0.416. The Bertz CT molecular complexity index is 889. The summed E-state index contributed by atoms with van der Waals surface area (Å²) in [6, 6.07) is 6.39. The van der Waals surface area contributed by atoms with Crippen LogP contribution in [0, 0.1) is 0 Å². The molecule has 0 spiro atoms. The van der Waals surface area contributed by atoms with Crippen molar-refractivity contribution in [2.24, 2.45) is 4.99 Å². The molecule has 0 atom stereocenters. The van der Waals surface area contributed by atoms with E-state index >= 15 is 0 Å². The third-order valence-corrected chi connectivity index (χ3v) is 8.37. The minimum atomic E-state index is 0.935. The van der Waals surface area contributed by atoms with Crippen molar-refractivity contribution in [1.29, 1.82) is 0 Å². The summed E-state index contributed by atoms with van der Waals surface area (Å²) in [6.07, 6.45) is 25.7. The minimum Gasteiger partial charge on any atom is -0.495 e. The first-order chi connectivity index (χ1) is 16.3. The summed E-state index contributed by atoms with van der Waals surface area (Å²) >= 11 is 3.54. The lowest BCUT2D eigenvalue weighted by Gasteiger charge is -2.03. The average Bonchev–Trinajstić information content (AvgIpc) is 3.58. The number of aliphatic imine (C=N–C) groups is 1. The summed E-state index contributed by atoms with van der Waals surface area (Å²) in [5.74, 6) is 0.935. The molecule has 2 nitrogen and oxygen atoms in total. The minimum absolute atomic E-state index is 0.935. The van der Waals surface area contributed by atoms with Crippen LogP contribution in [0.5, 0.6) is 5.75 Å². The highest BCUT2D eigenvalue weighted by Gasteiger charge is 2.12. The van der Waals surface area contributed by atoms with Crippen LogP contribution in [0.25, 0.3) is 15.8 Å². The summed E-state index contributed by atoms with van der Waals surface area (Å²) in [7, 11) is 1.75. The van der Waals surface area contributed by atoms with E-state index in [0.717, 1.165) is 22.7 Å². The van der Waals surface area contributed by atoms with E-state index in [9.17, 15) is 0 Å².